The van der Waals surface area contributed by atoms with E-state index in [1.807, 2.05) is 25.9 Å². The van der Waals surface area contributed by atoms with Crippen LogP contribution in [0.15, 0.2) is 59.0 Å². The molecule has 41 heavy (non-hydrogen) atoms. The van der Waals surface area contributed by atoms with Gasteiger partial charge in [-0.15, -0.1) is 0 Å². The van der Waals surface area contributed by atoms with Crippen LogP contribution in [0, 0.1) is 0 Å². The van der Waals surface area contributed by atoms with E-state index in [1.165, 1.54) is 33.5 Å². The van der Waals surface area contributed by atoms with E-state index in [0.717, 1.165) is 19.3 Å². The molecule has 3 aliphatic rings. The number of anilines is 1. The quantitative estimate of drug-likeness (QED) is 0.290. The van der Waals surface area contributed by atoms with Crippen molar-refractivity contribution in [3.8, 4) is 0 Å². The number of Topliss-reactive ketones (excluding diaryl/α,β-unsaturated/α-hetero) is 1. The summed E-state index contributed by atoms with van der Waals surface area (Å²) in [5.74, 6) is -2.93. The monoisotopic (exact) mass is 580 g/mol. The van der Waals surface area contributed by atoms with Crippen LogP contribution in [0.1, 0.15) is 43.7 Å². The molecule has 3 heterocycles. The molecule has 0 radical (unpaired) electrons. The molecule has 2 amide bonds. The van der Waals surface area contributed by atoms with Gasteiger partial charge in [-0.1, -0.05) is 43.7 Å². The summed E-state index contributed by atoms with van der Waals surface area (Å²) in [6.45, 7) is 3.56. The SMILES string of the molecule is CCCN1C(=O)C2(/C(=C(/O)c3cccc(S(=O)(=O)N4CCCCC4)c3)C(=O)C(=O)N2CCN(C)C)c2ccccc21. The number of hydrogen-bond acceptors (Lipinski definition) is 7. The van der Waals surface area contributed by atoms with E-state index in [4.69, 9.17) is 0 Å². The molecule has 1 atom stereocenters. The van der Waals surface area contributed by atoms with Crippen LogP contribution in [0.4, 0.5) is 5.69 Å². The molecule has 1 N–H and O–H groups in total. The Labute approximate surface area is 240 Å². The number of aliphatic hydroxyl groups excluding tert-OH is 1. The van der Waals surface area contributed by atoms with Gasteiger partial charge in [-0.25, -0.2) is 8.42 Å². The first kappa shape index (κ1) is 29.0. The number of benzene rings is 2. The first-order valence-electron chi connectivity index (χ1n) is 14.0. The van der Waals surface area contributed by atoms with E-state index in [1.54, 1.807) is 29.2 Å². The van der Waals surface area contributed by atoms with Crippen LogP contribution in [-0.4, -0.2) is 92.0 Å². The van der Waals surface area contributed by atoms with Crippen molar-refractivity contribution < 1.29 is 27.9 Å². The number of hydrogen-bond donors (Lipinski definition) is 1. The summed E-state index contributed by atoms with van der Waals surface area (Å²) < 4.78 is 28.3. The average molecular weight is 581 g/mol. The molecule has 0 aromatic heterocycles. The topological polar surface area (TPSA) is 119 Å². The van der Waals surface area contributed by atoms with E-state index in [2.05, 4.69) is 0 Å². The van der Waals surface area contributed by atoms with Gasteiger partial charge in [-0.2, -0.15) is 4.31 Å². The van der Waals surface area contributed by atoms with Gasteiger partial charge in [-0.05, 0) is 51.6 Å². The molecular weight excluding hydrogens is 544 g/mol. The van der Waals surface area contributed by atoms with Crippen LogP contribution < -0.4 is 4.90 Å². The molecule has 0 aliphatic carbocycles. The number of fused-ring (bicyclic) bond motifs is 2. The average Bonchev–Trinajstić information content (AvgIpc) is 3.35. The van der Waals surface area contributed by atoms with Gasteiger partial charge in [0.05, 0.1) is 16.2 Å². The number of aliphatic hydroxyl groups is 1. The van der Waals surface area contributed by atoms with Gasteiger partial charge in [0.2, 0.25) is 10.0 Å². The number of nitrogens with zero attached hydrogens (tertiary/aromatic N) is 4. The fourth-order valence-corrected chi connectivity index (χ4v) is 7.68. The normalized spacial score (nSPS) is 22.8. The van der Waals surface area contributed by atoms with E-state index in [9.17, 15) is 27.9 Å². The molecule has 218 valence electrons. The third-order valence-corrected chi connectivity index (χ3v) is 9.98. The smallest absolute Gasteiger partial charge is 0.296 e. The molecule has 1 unspecified atom stereocenters. The van der Waals surface area contributed by atoms with Crippen molar-refractivity contribution >= 4 is 39.1 Å². The van der Waals surface area contributed by atoms with Crippen LogP contribution in [0.3, 0.4) is 0 Å². The lowest BCUT2D eigenvalue weighted by molar-refractivity contribution is -0.143. The number of carbonyl (C=O) groups is 3. The molecule has 11 heteroatoms. The summed E-state index contributed by atoms with van der Waals surface area (Å²) in [7, 11) is -0.192. The van der Waals surface area contributed by atoms with Crippen molar-refractivity contribution in [1.82, 2.24) is 14.1 Å². The largest absolute Gasteiger partial charge is 0.507 e. The third kappa shape index (κ3) is 4.56. The maximum Gasteiger partial charge on any atom is 0.296 e. The second-order valence-corrected chi connectivity index (χ2v) is 12.9. The first-order valence-corrected chi connectivity index (χ1v) is 15.5. The van der Waals surface area contributed by atoms with Crippen molar-refractivity contribution in [2.45, 2.75) is 43.0 Å². The zero-order valence-electron chi connectivity index (χ0n) is 23.7. The zero-order chi connectivity index (χ0) is 29.5. The van der Waals surface area contributed by atoms with Crippen molar-refractivity contribution in [2.75, 3.05) is 51.7 Å². The number of likely N-dealkylation sites (tertiary alicyclic amines) is 1. The standard InChI is InChI=1S/C30H36N4O6S/c1-4-15-33-24-14-7-6-13-23(24)30(29(33)38)25(27(36)28(37)34(30)19-18-31(2)3)26(35)21-11-10-12-22(20-21)41(39,40)32-16-8-5-9-17-32/h6-7,10-14,20,35H,4-5,8-9,15-19H2,1-3H3/b26-25+. The number of piperidine rings is 1. The lowest BCUT2D eigenvalue weighted by atomic mass is 9.82. The predicted molar refractivity (Wildman–Crippen MR) is 155 cm³/mol. The number of carbonyl (C=O) groups excluding carboxylic acids is 3. The summed E-state index contributed by atoms with van der Waals surface area (Å²) >= 11 is 0. The molecule has 10 nitrogen and oxygen atoms in total. The highest BCUT2D eigenvalue weighted by atomic mass is 32.2. The van der Waals surface area contributed by atoms with Gasteiger partial charge in [0.25, 0.3) is 17.6 Å². The van der Waals surface area contributed by atoms with Crippen LogP contribution in [-0.2, 0) is 29.9 Å². The molecule has 0 saturated carbocycles. The Morgan fingerprint density at radius 1 is 0.976 bits per heavy atom. The molecule has 2 aromatic rings. The molecule has 5 rings (SSSR count). The Morgan fingerprint density at radius 3 is 2.37 bits per heavy atom. The molecule has 2 saturated heterocycles. The maximum atomic E-state index is 14.4. The minimum Gasteiger partial charge on any atom is -0.507 e. The van der Waals surface area contributed by atoms with Crippen LogP contribution >= 0.6 is 0 Å². The van der Waals surface area contributed by atoms with Gasteiger partial charge in [-0.3, -0.25) is 14.4 Å². The zero-order valence-corrected chi connectivity index (χ0v) is 24.5. The Morgan fingerprint density at radius 2 is 1.68 bits per heavy atom. The molecule has 2 fully saturated rings. The van der Waals surface area contributed by atoms with Crippen molar-refractivity contribution in [2.24, 2.45) is 0 Å². The predicted octanol–water partition coefficient (Wildman–Crippen LogP) is 2.76. The first-order chi connectivity index (χ1) is 19.6. The van der Waals surface area contributed by atoms with Crippen molar-refractivity contribution in [1.29, 1.82) is 0 Å². The van der Waals surface area contributed by atoms with Gasteiger partial charge in [0.15, 0.2) is 5.54 Å². The summed E-state index contributed by atoms with van der Waals surface area (Å²) in [5.41, 5.74) is -1.16. The Balaban J connectivity index is 1.72. The summed E-state index contributed by atoms with van der Waals surface area (Å²) in [4.78, 5) is 46.5. The molecule has 1 spiro atoms. The summed E-state index contributed by atoms with van der Waals surface area (Å²) in [5, 5.41) is 11.8. The maximum absolute atomic E-state index is 14.4. The van der Waals surface area contributed by atoms with Crippen molar-refractivity contribution in [3.05, 3.63) is 65.2 Å². The number of para-hydroxylation sites is 1. The van der Waals surface area contributed by atoms with Gasteiger partial charge in [0.1, 0.15) is 5.76 Å². The highest BCUT2D eigenvalue weighted by Crippen LogP contribution is 2.53. The molecule has 2 aromatic carbocycles. The van der Waals surface area contributed by atoms with E-state index < -0.39 is 38.9 Å². The molecular formula is C30H36N4O6S. The van der Waals surface area contributed by atoms with Crippen LogP contribution in [0.5, 0.6) is 0 Å². The Hall–Kier alpha value is -3.54. The highest BCUT2D eigenvalue weighted by Gasteiger charge is 2.66. The fraction of sp³-hybridized carbons (Fsp3) is 0.433. The molecule has 3 aliphatic heterocycles. The lowest BCUT2D eigenvalue weighted by Gasteiger charge is -2.35. The summed E-state index contributed by atoms with van der Waals surface area (Å²) in [6, 6.07) is 12.8. The number of amides is 2. The minimum absolute atomic E-state index is 0.0231. The van der Waals surface area contributed by atoms with Gasteiger partial charge < -0.3 is 19.8 Å². The minimum atomic E-state index is -3.84. The number of rotatable bonds is 8. The van der Waals surface area contributed by atoms with Gasteiger partial charge >= 0.3 is 0 Å². The second-order valence-electron chi connectivity index (χ2n) is 11.0. The Bertz CT molecular complexity index is 1530. The fourth-order valence-electron chi connectivity index (χ4n) is 6.11. The van der Waals surface area contributed by atoms with Gasteiger partial charge in [0, 0.05) is 43.9 Å². The lowest BCUT2D eigenvalue weighted by Crippen LogP contribution is -2.53. The van der Waals surface area contributed by atoms with Crippen LogP contribution in [0.25, 0.3) is 5.76 Å². The molecule has 0 bridgehead atoms. The van der Waals surface area contributed by atoms with Crippen LogP contribution in [0.2, 0.25) is 0 Å². The Kier molecular flexibility index (Phi) is 7.80. The van der Waals surface area contributed by atoms with Crippen molar-refractivity contribution in [3.63, 3.8) is 0 Å². The van der Waals surface area contributed by atoms with E-state index in [0.29, 0.717) is 43.9 Å². The third-order valence-electron chi connectivity index (χ3n) is 8.09. The van der Waals surface area contributed by atoms with E-state index >= 15 is 0 Å². The highest BCUT2D eigenvalue weighted by molar-refractivity contribution is 7.89. The number of likely N-dealkylation sites (N-methyl/N-ethyl adjacent to an activating group) is 1. The number of ketones is 1. The summed E-state index contributed by atoms with van der Waals surface area (Å²) in [6.07, 6.45) is 3.14. The van der Waals surface area contributed by atoms with E-state index in [-0.39, 0.29) is 22.6 Å². The number of sulfonamides is 1. The second kappa shape index (κ2) is 11.0.